The van der Waals surface area contributed by atoms with E-state index in [1.54, 1.807) is 14.2 Å². The van der Waals surface area contributed by atoms with Gasteiger partial charge in [-0.2, -0.15) is 0 Å². The zero-order valence-electron chi connectivity index (χ0n) is 17.2. The molecule has 28 heavy (non-hydrogen) atoms. The quantitative estimate of drug-likeness (QED) is 0.724. The maximum Gasteiger partial charge on any atom is 0.237 e. The molecule has 5 heteroatoms. The molecule has 5 nitrogen and oxygen atoms in total. The van der Waals surface area contributed by atoms with Crippen LogP contribution in [0.1, 0.15) is 43.0 Å². The summed E-state index contributed by atoms with van der Waals surface area (Å²) in [5.74, 6) is 1.78. The van der Waals surface area contributed by atoms with Gasteiger partial charge < -0.3 is 14.4 Å². The predicted octanol–water partition coefficient (Wildman–Crippen LogP) is 4.06. The molecule has 1 aliphatic rings. The number of likely N-dealkylation sites (N-methyl/N-ethyl adjacent to an activating group) is 1. The number of rotatable bonds is 7. The average molecular weight is 383 g/mol. The third-order valence-electron chi connectivity index (χ3n) is 5.75. The Balaban J connectivity index is 1.74. The third-order valence-corrected chi connectivity index (χ3v) is 5.75. The van der Waals surface area contributed by atoms with Crippen molar-refractivity contribution >= 4 is 5.91 Å². The molecule has 3 rings (SSSR count). The number of ether oxygens (including phenoxy) is 2. The van der Waals surface area contributed by atoms with E-state index in [1.165, 1.54) is 0 Å². The minimum Gasteiger partial charge on any atom is -0.497 e. The van der Waals surface area contributed by atoms with E-state index in [-0.39, 0.29) is 18.0 Å². The summed E-state index contributed by atoms with van der Waals surface area (Å²) >= 11 is 0. The van der Waals surface area contributed by atoms with Gasteiger partial charge in [0.25, 0.3) is 0 Å². The smallest absolute Gasteiger partial charge is 0.237 e. The fraction of sp³-hybridized carbons (Fsp3) is 0.435. The van der Waals surface area contributed by atoms with Gasteiger partial charge in [0.2, 0.25) is 5.91 Å². The Morgan fingerprint density at radius 2 is 1.93 bits per heavy atom. The van der Waals surface area contributed by atoms with Crippen LogP contribution in [0.15, 0.2) is 48.5 Å². The predicted molar refractivity (Wildman–Crippen MR) is 111 cm³/mol. The van der Waals surface area contributed by atoms with Gasteiger partial charge in [0.05, 0.1) is 26.8 Å². The Morgan fingerprint density at radius 1 is 1.18 bits per heavy atom. The van der Waals surface area contributed by atoms with Crippen LogP contribution in [0.5, 0.6) is 11.5 Å². The molecule has 0 bridgehead atoms. The second-order valence-corrected chi connectivity index (χ2v) is 7.33. The van der Waals surface area contributed by atoms with Crippen molar-refractivity contribution in [2.75, 3.05) is 34.4 Å². The van der Waals surface area contributed by atoms with E-state index < -0.39 is 0 Å². The number of carbonyl (C=O) groups is 1. The molecule has 1 fully saturated rings. The highest BCUT2D eigenvalue weighted by atomic mass is 16.5. The Kier molecular flexibility index (Phi) is 6.57. The normalized spacial score (nSPS) is 17.9. The van der Waals surface area contributed by atoms with Crippen LogP contribution in [-0.2, 0) is 4.79 Å². The topological polar surface area (TPSA) is 42.0 Å². The molecule has 150 valence electrons. The van der Waals surface area contributed by atoms with E-state index >= 15 is 0 Å². The first-order chi connectivity index (χ1) is 13.5. The molecular weight excluding hydrogens is 352 g/mol. The van der Waals surface area contributed by atoms with Crippen molar-refractivity contribution in [3.05, 3.63) is 59.7 Å². The first kappa shape index (κ1) is 20.2. The lowest BCUT2D eigenvalue weighted by molar-refractivity contribution is -0.133. The summed E-state index contributed by atoms with van der Waals surface area (Å²) in [6.45, 7) is 3.38. The summed E-state index contributed by atoms with van der Waals surface area (Å²) in [4.78, 5) is 17.1. The second kappa shape index (κ2) is 9.11. The number of likely N-dealkylation sites (tertiary alicyclic amines) is 1. The molecule has 1 aliphatic heterocycles. The van der Waals surface area contributed by atoms with E-state index in [1.807, 2.05) is 48.3 Å². The number of hydrogen-bond donors (Lipinski definition) is 0. The molecule has 1 saturated heterocycles. The van der Waals surface area contributed by atoms with E-state index in [0.29, 0.717) is 6.54 Å². The van der Waals surface area contributed by atoms with Gasteiger partial charge in [0.1, 0.15) is 11.5 Å². The number of hydrogen-bond acceptors (Lipinski definition) is 4. The van der Waals surface area contributed by atoms with Crippen molar-refractivity contribution in [3.8, 4) is 11.5 Å². The minimum atomic E-state index is 0.0427. The van der Waals surface area contributed by atoms with Gasteiger partial charge in [0.15, 0.2) is 0 Å². The fourth-order valence-corrected chi connectivity index (χ4v) is 3.92. The lowest BCUT2D eigenvalue weighted by Crippen LogP contribution is -2.39. The zero-order chi connectivity index (χ0) is 20.1. The van der Waals surface area contributed by atoms with Crippen LogP contribution in [0.25, 0.3) is 0 Å². The van der Waals surface area contributed by atoms with Crippen LogP contribution in [-0.4, -0.2) is 50.1 Å². The van der Waals surface area contributed by atoms with Gasteiger partial charge >= 0.3 is 0 Å². The molecule has 0 aliphatic carbocycles. The molecule has 0 unspecified atom stereocenters. The Hall–Kier alpha value is -2.53. The second-order valence-electron chi connectivity index (χ2n) is 7.33. The Morgan fingerprint density at radius 3 is 2.61 bits per heavy atom. The lowest BCUT2D eigenvalue weighted by Gasteiger charge is -2.30. The average Bonchev–Trinajstić information content (AvgIpc) is 3.20. The molecule has 0 N–H and O–H groups in total. The molecule has 1 amide bonds. The van der Waals surface area contributed by atoms with Gasteiger partial charge in [-0.1, -0.05) is 30.3 Å². The van der Waals surface area contributed by atoms with Crippen molar-refractivity contribution in [2.24, 2.45) is 0 Å². The summed E-state index contributed by atoms with van der Waals surface area (Å²) in [5, 5.41) is 0. The highest BCUT2D eigenvalue weighted by Gasteiger charge is 2.31. The minimum absolute atomic E-state index is 0.0427. The van der Waals surface area contributed by atoms with Crippen molar-refractivity contribution in [1.29, 1.82) is 0 Å². The Labute approximate surface area is 167 Å². The van der Waals surface area contributed by atoms with Crippen LogP contribution in [0.3, 0.4) is 0 Å². The summed E-state index contributed by atoms with van der Waals surface area (Å²) in [6, 6.07) is 16.2. The van der Waals surface area contributed by atoms with E-state index in [0.717, 1.165) is 42.0 Å². The molecule has 2 aromatic carbocycles. The standard InChI is InChI=1S/C23H30N2O3/c1-17(18-9-6-5-7-10-18)24(2)23(26)16-25-14-8-11-21(25)20-15-19(27-3)12-13-22(20)28-4/h5-7,9-10,12-13,15,17,21H,8,11,14,16H2,1-4H3/t17-,21+/m0/s1. The maximum absolute atomic E-state index is 13.0. The first-order valence-electron chi connectivity index (χ1n) is 9.81. The van der Waals surface area contributed by atoms with Crippen LogP contribution < -0.4 is 9.47 Å². The fourth-order valence-electron chi connectivity index (χ4n) is 3.92. The van der Waals surface area contributed by atoms with Gasteiger partial charge in [-0.3, -0.25) is 9.69 Å². The van der Waals surface area contributed by atoms with Crippen molar-refractivity contribution in [1.82, 2.24) is 9.80 Å². The maximum atomic E-state index is 13.0. The largest absolute Gasteiger partial charge is 0.497 e. The van der Waals surface area contributed by atoms with Crippen LogP contribution in [0.2, 0.25) is 0 Å². The number of methoxy groups -OCH3 is 2. The van der Waals surface area contributed by atoms with Crippen molar-refractivity contribution in [2.45, 2.75) is 31.8 Å². The van der Waals surface area contributed by atoms with Crippen molar-refractivity contribution in [3.63, 3.8) is 0 Å². The van der Waals surface area contributed by atoms with Gasteiger partial charge in [0, 0.05) is 18.7 Å². The van der Waals surface area contributed by atoms with E-state index in [4.69, 9.17) is 9.47 Å². The van der Waals surface area contributed by atoms with Gasteiger partial charge in [-0.25, -0.2) is 0 Å². The van der Waals surface area contributed by atoms with Crippen LogP contribution in [0, 0.1) is 0 Å². The first-order valence-corrected chi connectivity index (χ1v) is 9.81. The summed E-state index contributed by atoms with van der Waals surface area (Å²) < 4.78 is 11.0. The SMILES string of the molecule is COc1ccc(OC)c([C@H]2CCCN2CC(=O)N(C)[C@@H](C)c2ccccc2)c1. The number of amides is 1. The molecule has 0 saturated carbocycles. The van der Waals surface area contributed by atoms with Gasteiger partial charge in [-0.05, 0) is 50.1 Å². The van der Waals surface area contributed by atoms with Crippen molar-refractivity contribution < 1.29 is 14.3 Å². The van der Waals surface area contributed by atoms with Gasteiger partial charge in [-0.15, -0.1) is 0 Å². The molecular formula is C23H30N2O3. The molecule has 0 radical (unpaired) electrons. The summed E-state index contributed by atoms with van der Waals surface area (Å²) in [5.41, 5.74) is 2.23. The lowest BCUT2D eigenvalue weighted by atomic mass is 10.0. The zero-order valence-corrected chi connectivity index (χ0v) is 17.2. The number of carbonyl (C=O) groups excluding carboxylic acids is 1. The molecule has 2 atom stereocenters. The van der Waals surface area contributed by atoms with E-state index in [2.05, 4.69) is 24.0 Å². The monoisotopic (exact) mass is 382 g/mol. The Bertz CT molecular complexity index is 794. The third kappa shape index (κ3) is 4.30. The van der Waals surface area contributed by atoms with Crippen LogP contribution in [0.4, 0.5) is 0 Å². The van der Waals surface area contributed by atoms with Crippen LogP contribution >= 0.6 is 0 Å². The highest BCUT2D eigenvalue weighted by Crippen LogP contribution is 2.38. The summed E-state index contributed by atoms with van der Waals surface area (Å²) in [7, 11) is 5.24. The number of nitrogens with zero attached hydrogens (tertiary/aromatic N) is 2. The highest BCUT2D eigenvalue weighted by molar-refractivity contribution is 5.78. The molecule has 2 aromatic rings. The molecule has 1 heterocycles. The number of benzene rings is 2. The van der Waals surface area contributed by atoms with E-state index in [9.17, 15) is 4.79 Å². The molecule has 0 spiro atoms. The molecule has 0 aromatic heterocycles. The summed E-state index contributed by atoms with van der Waals surface area (Å²) in [6.07, 6.45) is 2.07.